The van der Waals surface area contributed by atoms with Gasteiger partial charge in [-0.1, -0.05) is 18.6 Å². The van der Waals surface area contributed by atoms with Crippen LogP contribution in [0.4, 0.5) is 0 Å². The number of esters is 1. The summed E-state index contributed by atoms with van der Waals surface area (Å²) in [6.07, 6.45) is 8.60. The first-order valence-corrected chi connectivity index (χ1v) is 9.72. The van der Waals surface area contributed by atoms with Crippen LogP contribution in [0.15, 0.2) is 29.8 Å². The van der Waals surface area contributed by atoms with Crippen molar-refractivity contribution < 1.29 is 14.6 Å². The lowest BCUT2D eigenvalue weighted by atomic mass is 9.55. The number of aromatic hydroxyl groups is 1. The van der Waals surface area contributed by atoms with Gasteiger partial charge in [0.1, 0.15) is 5.75 Å². The first-order valence-electron chi connectivity index (χ1n) is 9.72. The van der Waals surface area contributed by atoms with Crippen molar-refractivity contribution in [3.63, 3.8) is 0 Å². The van der Waals surface area contributed by atoms with Crippen LogP contribution < -0.4 is 0 Å². The number of fused-ring (bicyclic) bond motifs is 5. The van der Waals surface area contributed by atoms with Crippen LogP contribution in [0, 0.1) is 17.3 Å². The van der Waals surface area contributed by atoms with E-state index in [2.05, 4.69) is 13.0 Å². The summed E-state index contributed by atoms with van der Waals surface area (Å²) in [4.78, 5) is 12.0. The molecule has 0 bridgehead atoms. The Hall–Kier alpha value is -1.77. The minimum Gasteiger partial charge on any atom is -0.508 e. The molecule has 3 unspecified atom stereocenters. The summed E-state index contributed by atoms with van der Waals surface area (Å²) < 4.78 is 5.15. The molecule has 3 nitrogen and oxygen atoms in total. The first kappa shape index (κ1) is 16.7. The second kappa shape index (κ2) is 6.19. The van der Waals surface area contributed by atoms with Crippen molar-refractivity contribution in [1.82, 2.24) is 0 Å². The Morgan fingerprint density at radius 1 is 1.32 bits per heavy atom. The molecular formula is C22H28O3. The average molecular weight is 340 g/mol. The third-order valence-corrected chi connectivity index (χ3v) is 7.14. The highest BCUT2D eigenvalue weighted by Gasteiger charge is 2.52. The van der Waals surface area contributed by atoms with E-state index in [-0.39, 0.29) is 11.4 Å². The van der Waals surface area contributed by atoms with Gasteiger partial charge in [0, 0.05) is 6.08 Å². The van der Waals surface area contributed by atoms with E-state index >= 15 is 0 Å². The number of carbonyl (C=O) groups excluding carboxylic acids is 1. The molecule has 0 aromatic heterocycles. The molecule has 1 aromatic rings. The number of phenolic OH excluding ortho intramolecular Hbond substituents is 1. The lowest BCUT2D eigenvalue weighted by Crippen LogP contribution is -2.40. The zero-order valence-corrected chi connectivity index (χ0v) is 15.3. The molecule has 2 saturated carbocycles. The van der Waals surface area contributed by atoms with E-state index in [0.29, 0.717) is 30.1 Å². The molecule has 3 aliphatic carbocycles. The van der Waals surface area contributed by atoms with Gasteiger partial charge in [0.25, 0.3) is 0 Å². The molecule has 0 heterocycles. The number of carbonyl (C=O) groups is 1. The quantitative estimate of drug-likeness (QED) is 0.625. The zero-order chi connectivity index (χ0) is 17.6. The third-order valence-electron chi connectivity index (χ3n) is 7.14. The van der Waals surface area contributed by atoms with E-state index < -0.39 is 0 Å². The van der Waals surface area contributed by atoms with E-state index in [1.165, 1.54) is 36.0 Å². The van der Waals surface area contributed by atoms with Crippen LogP contribution >= 0.6 is 0 Å². The Balaban J connectivity index is 1.62. The number of benzene rings is 1. The Labute approximate surface area is 150 Å². The molecule has 3 aliphatic rings. The summed E-state index contributed by atoms with van der Waals surface area (Å²) >= 11 is 0. The standard InChI is InChI=1S/C22H28O3/c1-3-25-21(24)13-15-5-9-20-19-7-4-14-12-16(23)6-8-17(14)18(19)10-11-22(15,20)2/h6,8,12-13,18-20,23H,3-5,7,9-11H2,1-2H3/b15-13+/t18?,19?,20?,22-/m1/s1. The molecule has 1 N–H and O–H groups in total. The van der Waals surface area contributed by atoms with Gasteiger partial charge in [0.05, 0.1) is 6.61 Å². The molecule has 134 valence electrons. The molecule has 0 radical (unpaired) electrons. The van der Waals surface area contributed by atoms with Crippen molar-refractivity contribution in [2.24, 2.45) is 17.3 Å². The van der Waals surface area contributed by atoms with E-state index in [1.807, 2.05) is 19.1 Å². The Bertz CT molecular complexity index is 720. The van der Waals surface area contributed by atoms with Crippen LogP contribution in [0.25, 0.3) is 0 Å². The van der Waals surface area contributed by atoms with Crippen molar-refractivity contribution in [3.8, 4) is 5.75 Å². The zero-order valence-electron chi connectivity index (χ0n) is 15.3. The van der Waals surface area contributed by atoms with Crippen LogP contribution in [-0.2, 0) is 16.0 Å². The predicted molar refractivity (Wildman–Crippen MR) is 97.4 cm³/mol. The van der Waals surface area contributed by atoms with Gasteiger partial charge >= 0.3 is 5.97 Å². The van der Waals surface area contributed by atoms with Crippen LogP contribution in [0.3, 0.4) is 0 Å². The van der Waals surface area contributed by atoms with E-state index in [0.717, 1.165) is 19.3 Å². The highest BCUT2D eigenvalue weighted by atomic mass is 16.5. The molecule has 4 atom stereocenters. The Morgan fingerprint density at radius 3 is 2.96 bits per heavy atom. The maximum Gasteiger partial charge on any atom is 0.330 e. The molecule has 1 aromatic carbocycles. The average Bonchev–Trinajstić information content (AvgIpc) is 2.91. The molecule has 0 saturated heterocycles. The smallest absolute Gasteiger partial charge is 0.330 e. The first-order chi connectivity index (χ1) is 12.0. The fraction of sp³-hybridized carbons (Fsp3) is 0.591. The normalized spacial score (nSPS) is 35.0. The van der Waals surface area contributed by atoms with Gasteiger partial charge in [-0.25, -0.2) is 4.79 Å². The van der Waals surface area contributed by atoms with Crippen LogP contribution in [0.1, 0.15) is 63.0 Å². The summed E-state index contributed by atoms with van der Waals surface area (Å²) in [7, 11) is 0. The minimum atomic E-state index is -0.175. The predicted octanol–water partition coefficient (Wildman–Crippen LogP) is 4.74. The van der Waals surface area contributed by atoms with Crippen molar-refractivity contribution >= 4 is 5.97 Å². The van der Waals surface area contributed by atoms with Crippen LogP contribution in [-0.4, -0.2) is 17.7 Å². The largest absolute Gasteiger partial charge is 0.508 e. The number of hydrogen-bond donors (Lipinski definition) is 1. The van der Waals surface area contributed by atoms with Crippen molar-refractivity contribution in [3.05, 3.63) is 41.0 Å². The number of hydrogen-bond acceptors (Lipinski definition) is 3. The summed E-state index contributed by atoms with van der Waals surface area (Å²) in [6.45, 7) is 4.67. The SMILES string of the molecule is CCOC(=O)/C=C1\CCC2C3CCc4cc(O)ccc4C3CC[C@]12C. The maximum absolute atomic E-state index is 12.0. The van der Waals surface area contributed by atoms with Gasteiger partial charge in [-0.05, 0) is 91.9 Å². The molecule has 0 aliphatic heterocycles. The van der Waals surface area contributed by atoms with Crippen molar-refractivity contribution in [1.29, 1.82) is 0 Å². The van der Waals surface area contributed by atoms with Gasteiger partial charge < -0.3 is 9.84 Å². The lowest BCUT2D eigenvalue weighted by molar-refractivity contribution is -0.137. The number of aryl methyl sites for hydroxylation is 1. The fourth-order valence-electron chi connectivity index (χ4n) is 5.98. The number of ether oxygens (including phenoxy) is 1. The van der Waals surface area contributed by atoms with Crippen molar-refractivity contribution in [2.45, 2.75) is 58.3 Å². The van der Waals surface area contributed by atoms with E-state index in [1.54, 1.807) is 6.08 Å². The van der Waals surface area contributed by atoms with Crippen LogP contribution in [0.2, 0.25) is 0 Å². The molecule has 0 amide bonds. The highest BCUT2D eigenvalue weighted by molar-refractivity contribution is 5.83. The molecule has 25 heavy (non-hydrogen) atoms. The molecule has 0 spiro atoms. The lowest BCUT2D eigenvalue weighted by Gasteiger charge is -2.49. The third kappa shape index (κ3) is 2.68. The minimum absolute atomic E-state index is 0.155. The maximum atomic E-state index is 12.0. The van der Waals surface area contributed by atoms with Crippen LogP contribution in [0.5, 0.6) is 5.75 Å². The van der Waals surface area contributed by atoms with Gasteiger partial charge in [0.15, 0.2) is 0 Å². The molecule has 4 rings (SSSR count). The van der Waals surface area contributed by atoms with E-state index in [9.17, 15) is 9.90 Å². The van der Waals surface area contributed by atoms with Gasteiger partial charge in [-0.2, -0.15) is 0 Å². The second-order valence-corrected chi connectivity index (χ2v) is 8.22. The molecular weight excluding hydrogens is 312 g/mol. The van der Waals surface area contributed by atoms with E-state index in [4.69, 9.17) is 4.74 Å². The summed E-state index contributed by atoms with van der Waals surface area (Å²) in [6, 6.07) is 5.95. The topological polar surface area (TPSA) is 46.5 Å². The van der Waals surface area contributed by atoms with Gasteiger partial charge in [-0.3, -0.25) is 0 Å². The monoisotopic (exact) mass is 340 g/mol. The van der Waals surface area contributed by atoms with Crippen molar-refractivity contribution in [2.75, 3.05) is 6.61 Å². The second-order valence-electron chi connectivity index (χ2n) is 8.22. The molecule has 2 fully saturated rings. The number of phenols is 1. The Morgan fingerprint density at radius 2 is 2.16 bits per heavy atom. The highest BCUT2D eigenvalue weighted by Crippen LogP contribution is 2.62. The fourth-order valence-corrected chi connectivity index (χ4v) is 5.98. The molecule has 3 heteroatoms. The number of rotatable bonds is 2. The summed E-state index contributed by atoms with van der Waals surface area (Å²) in [5.74, 6) is 2.19. The summed E-state index contributed by atoms with van der Waals surface area (Å²) in [5, 5.41) is 9.79. The Kier molecular flexibility index (Phi) is 4.13. The van der Waals surface area contributed by atoms with Gasteiger partial charge in [0.2, 0.25) is 0 Å². The summed E-state index contributed by atoms with van der Waals surface area (Å²) in [5.41, 5.74) is 4.26. The van der Waals surface area contributed by atoms with Gasteiger partial charge in [-0.15, -0.1) is 0 Å². The number of allylic oxidation sites excluding steroid dienone is 1.